The lowest BCUT2D eigenvalue weighted by molar-refractivity contribution is -0.386. The molecule has 1 unspecified atom stereocenters. The van der Waals surface area contributed by atoms with E-state index in [0.29, 0.717) is 0 Å². The Bertz CT molecular complexity index is 723. The number of hydrogen-bond donors (Lipinski definition) is 1. The molecule has 192 valence electrons. The molecule has 0 saturated heterocycles. The molecule has 0 spiro atoms. The van der Waals surface area contributed by atoms with E-state index in [1.807, 2.05) is 0 Å². The first-order valence-corrected chi connectivity index (χ1v) is 13.2. The Morgan fingerprint density at radius 2 is 1.32 bits per heavy atom. The van der Waals surface area contributed by atoms with Gasteiger partial charge in [-0.1, -0.05) is 109 Å². The molecule has 1 aromatic carbocycles. The van der Waals surface area contributed by atoms with Crippen molar-refractivity contribution in [3.05, 3.63) is 39.9 Å². The molecule has 0 radical (unpaired) electrons. The molecule has 7 heteroatoms. The van der Waals surface area contributed by atoms with Gasteiger partial charge in [0.25, 0.3) is 5.69 Å². The number of hydrogen-bond acceptors (Lipinski definition) is 5. The normalized spacial score (nSPS) is 11.7. The fraction of sp³-hybridized carbons (Fsp3) is 0.704. The largest absolute Gasteiger partial charge is 0.441 e. The van der Waals surface area contributed by atoms with E-state index >= 15 is 0 Å². The molecule has 1 N–H and O–H groups in total. The average molecular weight is 477 g/mol. The third-order valence-corrected chi connectivity index (χ3v) is 6.10. The molecule has 0 saturated carbocycles. The number of amides is 2. The summed E-state index contributed by atoms with van der Waals surface area (Å²) in [7, 11) is 0. The van der Waals surface area contributed by atoms with Gasteiger partial charge in [-0.15, -0.1) is 0 Å². The van der Waals surface area contributed by atoms with Gasteiger partial charge in [0, 0.05) is 12.5 Å². The molecule has 0 heterocycles. The highest BCUT2D eigenvalue weighted by Gasteiger charge is 2.21. The molecule has 0 aromatic heterocycles. The van der Waals surface area contributed by atoms with Crippen LogP contribution in [-0.4, -0.2) is 16.9 Å². The Morgan fingerprint density at radius 3 is 1.82 bits per heavy atom. The Morgan fingerprint density at radius 1 is 0.853 bits per heavy atom. The van der Waals surface area contributed by atoms with Crippen LogP contribution in [0.5, 0.6) is 0 Å². The van der Waals surface area contributed by atoms with Gasteiger partial charge in [-0.05, 0) is 19.4 Å². The number of unbranched alkanes of at least 4 members (excludes halogenated alkanes) is 14. The number of nitrogens with zero attached hydrogens (tertiary/aromatic N) is 1. The molecule has 0 fully saturated rings. The lowest BCUT2D eigenvalue weighted by Crippen LogP contribution is -2.31. The summed E-state index contributed by atoms with van der Waals surface area (Å²) in [6.07, 6.45) is 17.4. The van der Waals surface area contributed by atoms with Crippen LogP contribution in [0.15, 0.2) is 24.3 Å². The molecule has 34 heavy (non-hydrogen) atoms. The van der Waals surface area contributed by atoms with Crippen LogP contribution in [-0.2, 0) is 9.53 Å². The summed E-state index contributed by atoms with van der Waals surface area (Å²) >= 11 is 0. The smallest absolute Gasteiger partial charge is 0.414 e. The molecular formula is C27H44N2O5. The second-order valence-electron chi connectivity index (χ2n) is 9.11. The minimum absolute atomic E-state index is 0.119. The quantitative estimate of drug-likeness (QED) is 0.123. The van der Waals surface area contributed by atoms with Crippen molar-refractivity contribution < 1.29 is 19.2 Å². The van der Waals surface area contributed by atoms with Crippen molar-refractivity contribution >= 4 is 17.7 Å². The SMILES string of the molecule is CCCCCCCCCCCCCCCCCC(=O)NC(=O)OC(C)c1ccccc1[N+](=O)[O-]. The Hall–Kier alpha value is -2.44. The van der Waals surface area contributed by atoms with Gasteiger partial charge >= 0.3 is 6.09 Å². The van der Waals surface area contributed by atoms with Gasteiger partial charge in [-0.25, -0.2) is 4.79 Å². The zero-order valence-electron chi connectivity index (χ0n) is 21.2. The highest BCUT2D eigenvalue weighted by molar-refractivity contribution is 5.91. The first-order chi connectivity index (χ1) is 16.5. The lowest BCUT2D eigenvalue weighted by atomic mass is 10.0. The minimum Gasteiger partial charge on any atom is -0.441 e. The molecule has 0 aliphatic heterocycles. The van der Waals surface area contributed by atoms with Crippen molar-refractivity contribution in [1.29, 1.82) is 0 Å². The summed E-state index contributed by atoms with van der Waals surface area (Å²) in [6, 6.07) is 6.08. The van der Waals surface area contributed by atoms with Crippen molar-refractivity contribution in [3.8, 4) is 0 Å². The van der Waals surface area contributed by atoms with Crippen LogP contribution in [0.4, 0.5) is 10.5 Å². The van der Waals surface area contributed by atoms with Gasteiger partial charge in [-0.2, -0.15) is 0 Å². The van der Waals surface area contributed by atoms with E-state index in [4.69, 9.17) is 4.74 Å². The van der Waals surface area contributed by atoms with Gasteiger partial charge in [-0.3, -0.25) is 20.2 Å². The van der Waals surface area contributed by atoms with Crippen molar-refractivity contribution in [2.75, 3.05) is 0 Å². The number of nitrogens with one attached hydrogen (secondary N) is 1. The van der Waals surface area contributed by atoms with E-state index in [1.165, 1.54) is 89.2 Å². The summed E-state index contributed by atoms with van der Waals surface area (Å²) in [6.45, 7) is 3.80. The van der Waals surface area contributed by atoms with Crippen LogP contribution < -0.4 is 5.32 Å². The number of imide groups is 1. The lowest BCUT2D eigenvalue weighted by Gasteiger charge is -2.14. The predicted octanol–water partition coefficient (Wildman–Crippen LogP) is 8.17. The number of nitro benzene ring substituents is 1. The summed E-state index contributed by atoms with van der Waals surface area (Å²) in [5.41, 5.74) is 0.171. The number of benzene rings is 1. The summed E-state index contributed by atoms with van der Waals surface area (Å²) in [5.74, 6) is -0.380. The second-order valence-corrected chi connectivity index (χ2v) is 9.11. The summed E-state index contributed by atoms with van der Waals surface area (Å²) in [5, 5.41) is 13.3. The molecule has 1 rings (SSSR count). The number of nitro groups is 1. The molecular weight excluding hydrogens is 432 g/mol. The van der Waals surface area contributed by atoms with E-state index in [0.717, 1.165) is 19.3 Å². The van der Waals surface area contributed by atoms with Crippen molar-refractivity contribution in [3.63, 3.8) is 0 Å². The molecule has 7 nitrogen and oxygen atoms in total. The molecule has 0 aliphatic carbocycles. The first kappa shape index (κ1) is 29.6. The van der Waals surface area contributed by atoms with E-state index in [-0.39, 0.29) is 23.6 Å². The molecule has 1 aromatic rings. The van der Waals surface area contributed by atoms with Gasteiger partial charge in [0.15, 0.2) is 0 Å². The number of alkyl carbamates (subject to hydrolysis) is 1. The van der Waals surface area contributed by atoms with Crippen LogP contribution in [0.2, 0.25) is 0 Å². The first-order valence-electron chi connectivity index (χ1n) is 13.2. The minimum atomic E-state index is -0.878. The maximum Gasteiger partial charge on any atom is 0.414 e. The highest BCUT2D eigenvalue weighted by Crippen LogP contribution is 2.26. The molecule has 2 amide bonds. The van der Waals surface area contributed by atoms with Gasteiger partial charge < -0.3 is 4.74 Å². The molecule has 0 bridgehead atoms. The number of rotatable bonds is 19. The zero-order chi connectivity index (χ0) is 25.0. The fourth-order valence-electron chi connectivity index (χ4n) is 4.08. The average Bonchev–Trinajstić information content (AvgIpc) is 2.81. The van der Waals surface area contributed by atoms with Crippen LogP contribution in [0.3, 0.4) is 0 Å². The van der Waals surface area contributed by atoms with Crippen molar-refractivity contribution in [2.24, 2.45) is 0 Å². The number of ether oxygens (including phenoxy) is 1. The van der Waals surface area contributed by atoms with Crippen LogP contribution >= 0.6 is 0 Å². The maximum atomic E-state index is 12.0. The van der Waals surface area contributed by atoms with E-state index in [1.54, 1.807) is 19.1 Å². The van der Waals surface area contributed by atoms with Gasteiger partial charge in [0.05, 0.1) is 10.5 Å². The van der Waals surface area contributed by atoms with E-state index in [9.17, 15) is 19.7 Å². The van der Waals surface area contributed by atoms with Crippen LogP contribution in [0, 0.1) is 10.1 Å². The monoisotopic (exact) mass is 476 g/mol. The molecule has 1 atom stereocenters. The summed E-state index contributed by atoms with van der Waals surface area (Å²) < 4.78 is 5.15. The molecule has 0 aliphatic rings. The van der Waals surface area contributed by atoms with E-state index in [2.05, 4.69) is 12.2 Å². The van der Waals surface area contributed by atoms with E-state index < -0.39 is 17.1 Å². The zero-order valence-corrected chi connectivity index (χ0v) is 21.2. The topological polar surface area (TPSA) is 98.5 Å². The summed E-state index contributed by atoms with van der Waals surface area (Å²) in [4.78, 5) is 34.5. The fourth-order valence-corrected chi connectivity index (χ4v) is 4.08. The van der Waals surface area contributed by atoms with Crippen molar-refractivity contribution in [2.45, 2.75) is 123 Å². The maximum absolute atomic E-state index is 12.0. The Labute approximate surface area is 205 Å². The third kappa shape index (κ3) is 14.0. The number of para-hydroxylation sites is 1. The third-order valence-electron chi connectivity index (χ3n) is 6.10. The standard InChI is InChI=1S/C27H44N2O5/c1-3-4-5-6-7-8-9-10-11-12-13-14-15-16-17-22-26(30)28-27(31)34-23(2)24-20-18-19-21-25(24)29(32)33/h18-21,23H,3-17,22H2,1-2H3,(H,28,30,31). The van der Waals surface area contributed by atoms with Gasteiger partial charge in [0.2, 0.25) is 5.91 Å². The highest BCUT2D eigenvalue weighted by atomic mass is 16.6. The van der Waals surface area contributed by atoms with Crippen molar-refractivity contribution in [1.82, 2.24) is 5.32 Å². The van der Waals surface area contributed by atoms with Crippen LogP contribution in [0.25, 0.3) is 0 Å². The Balaban J connectivity index is 2.02. The number of carbonyl (C=O) groups excluding carboxylic acids is 2. The van der Waals surface area contributed by atoms with Gasteiger partial charge in [0.1, 0.15) is 6.10 Å². The van der Waals surface area contributed by atoms with Crippen LogP contribution in [0.1, 0.15) is 128 Å². The number of carbonyl (C=O) groups is 2. The second kappa shape index (κ2) is 18.9. The Kier molecular flexibility index (Phi) is 16.5. The predicted molar refractivity (Wildman–Crippen MR) is 136 cm³/mol.